The molecule has 29 heavy (non-hydrogen) atoms. The van der Waals surface area contributed by atoms with E-state index in [1.165, 1.54) is 24.3 Å². The van der Waals surface area contributed by atoms with Crippen molar-refractivity contribution in [3.05, 3.63) is 29.8 Å². The van der Waals surface area contributed by atoms with Crippen molar-refractivity contribution in [2.45, 2.75) is 36.8 Å². The summed E-state index contributed by atoms with van der Waals surface area (Å²) in [7, 11) is 0. The van der Waals surface area contributed by atoms with E-state index >= 15 is 0 Å². The van der Waals surface area contributed by atoms with E-state index in [0.29, 0.717) is 5.56 Å². The lowest BCUT2D eigenvalue weighted by Crippen LogP contribution is -2.59. The lowest BCUT2D eigenvalue weighted by Gasteiger charge is -2.39. The number of phenolic OH excluding ortho intramolecular Hbond substituents is 2. The highest BCUT2D eigenvalue weighted by Gasteiger charge is 2.44. The van der Waals surface area contributed by atoms with Gasteiger partial charge in [-0.1, -0.05) is 6.07 Å². The van der Waals surface area contributed by atoms with Gasteiger partial charge in [-0.25, -0.2) is 4.79 Å². The summed E-state index contributed by atoms with van der Waals surface area (Å²) in [6.45, 7) is -1.64. The van der Waals surface area contributed by atoms with Crippen LogP contribution in [0.15, 0.2) is 24.3 Å². The molecular formula is C18H24O11. The van der Waals surface area contributed by atoms with Gasteiger partial charge in [0.1, 0.15) is 30.5 Å². The number of hydrogen-bond donors (Lipinski definition) is 7. The molecule has 0 bridgehead atoms. The molecule has 1 aromatic rings. The molecule has 7 N–H and O–H groups in total. The Morgan fingerprint density at radius 2 is 1.83 bits per heavy atom. The Bertz CT molecular complexity index is 705. The molecule has 1 saturated heterocycles. The fraction of sp³-hybridized carbons (Fsp3) is 0.500. The smallest absolute Gasteiger partial charge is 0.331 e. The first-order chi connectivity index (χ1) is 13.8. The van der Waals surface area contributed by atoms with Gasteiger partial charge in [-0.05, 0) is 23.8 Å². The maximum Gasteiger partial charge on any atom is 0.331 e. The van der Waals surface area contributed by atoms with Gasteiger partial charge in [-0.15, -0.1) is 0 Å². The second-order valence-corrected chi connectivity index (χ2v) is 6.35. The second-order valence-electron chi connectivity index (χ2n) is 6.35. The van der Waals surface area contributed by atoms with E-state index in [4.69, 9.17) is 19.3 Å². The summed E-state index contributed by atoms with van der Waals surface area (Å²) in [4.78, 5) is 11.9. The maximum absolute atomic E-state index is 11.9. The number of esters is 1. The van der Waals surface area contributed by atoms with Crippen LogP contribution in [0.2, 0.25) is 0 Å². The first-order valence-corrected chi connectivity index (χ1v) is 8.70. The monoisotopic (exact) mass is 416 g/mol. The highest BCUT2D eigenvalue weighted by atomic mass is 16.7. The van der Waals surface area contributed by atoms with Crippen molar-refractivity contribution in [2.75, 3.05) is 19.8 Å². The molecule has 0 amide bonds. The Morgan fingerprint density at radius 3 is 2.45 bits per heavy atom. The van der Waals surface area contributed by atoms with Gasteiger partial charge < -0.3 is 50.0 Å². The van der Waals surface area contributed by atoms with Gasteiger partial charge in [0.15, 0.2) is 17.8 Å². The van der Waals surface area contributed by atoms with Crippen molar-refractivity contribution in [2.24, 2.45) is 0 Å². The summed E-state index contributed by atoms with van der Waals surface area (Å²) in [6, 6.07) is 3.92. The van der Waals surface area contributed by atoms with E-state index in [0.717, 1.165) is 6.08 Å². The summed E-state index contributed by atoms with van der Waals surface area (Å²) >= 11 is 0. The number of aliphatic hydroxyl groups is 5. The lowest BCUT2D eigenvalue weighted by molar-refractivity contribution is -0.305. The molecule has 11 nitrogen and oxygen atoms in total. The van der Waals surface area contributed by atoms with Gasteiger partial charge in [0, 0.05) is 6.08 Å². The minimum Gasteiger partial charge on any atom is -0.504 e. The topological polar surface area (TPSA) is 186 Å². The lowest BCUT2D eigenvalue weighted by atomic mass is 9.99. The van der Waals surface area contributed by atoms with Crippen molar-refractivity contribution >= 4 is 12.0 Å². The molecule has 1 aliphatic rings. The third-order valence-electron chi connectivity index (χ3n) is 4.19. The minimum absolute atomic E-state index is 0.310. The average molecular weight is 416 g/mol. The molecular weight excluding hydrogens is 392 g/mol. The van der Waals surface area contributed by atoms with Gasteiger partial charge in [0.2, 0.25) is 0 Å². The molecule has 2 rings (SSSR count). The molecule has 0 spiro atoms. The molecule has 6 atom stereocenters. The van der Waals surface area contributed by atoms with Crippen LogP contribution >= 0.6 is 0 Å². The number of rotatable bonds is 8. The van der Waals surface area contributed by atoms with E-state index < -0.39 is 62.6 Å². The normalized spacial score (nSPS) is 28.4. The van der Waals surface area contributed by atoms with Crippen LogP contribution in [-0.2, 0) is 19.0 Å². The zero-order valence-corrected chi connectivity index (χ0v) is 15.2. The molecule has 0 unspecified atom stereocenters. The first-order valence-electron chi connectivity index (χ1n) is 8.70. The van der Waals surface area contributed by atoms with Crippen molar-refractivity contribution in [1.29, 1.82) is 0 Å². The van der Waals surface area contributed by atoms with Crippen LogP contribution < -0.4 is 0 Å². The summed E-state index contributed by atoms with van der Waals surface area (Å²) in [5.74, 6) is -1.51. The largest absolute Gasteiger partial charge is 0.504 e. The summed E-state index contributed by atoms with van der Waals surface area (Å²) in [5.41, 5.74) is 0.412. The van der Waals surface area contributed by atoms with Crippen molar-refractivity contribution in [1.82, 2.24) is 0 Å². The van der Waals surface area contributed by atoms with E-state index in [2.05, 4.69) is 0 Å². The zero-order chi connectivity index (χ0) is 21.6. The Morgan fingerprint density at radius 1 is 1.10 bits per heavy atom. The van der Waals surface area contributed by atoms with Gasteiger partial charge >= 0.3 is 5.97 Å². The molecule has 1 aliphatic heterocycles. The second kappa shape index (κ2) is 10.5. The maximum atomic E-state index is 11.9. The third-order valence-corrected chi connectivity index (χ3v) is 4.19. The number of aromatic hydroxyl groups is 2. The van der Waals surface area contributed by atoms with E-state index in [-0.39, 0.29) is 11.5 Å². The standard InChI is InChI=1S/C18H24O11/c19-6-10(8-27-18-17(26)16(25)15(24)13(7-20)29-18)28-14(23)4-2-9-1-3-11(21)12(22)5-9/h1-5,10,13,15-22,24-26H,6-8H2/t10-,13-,15-,16+,17-,18-/m1/s1. The Labute approximate surface area is 165 Å². The number of hydrogen-bond acceptors (Lipinski definition) is 11. The fourth-order valence-corrected chi connectivity index (χ4v) is 2.54. The van der Waals surface area contributed by atoms with Gasteiger partial charge in [0.05, 0.1) is 19.8 Å². The Kier molecular flexibility index (Phi) is 8.34. The molecule has 0 aromatic heterocycles. The highest BCUT2D eigenvalue weighted by molar-refractivity contribution is 5.87. The fourth-order valence-electron chi connectivity index (χ4n) is 2.54. The predicted molar refractivity (Wildman–Crippen MR) is 95.5 cm³/mol. The van der Waals surface area contributed by atoms with E-state index in [1.54, 1.807) is 0 Å². The van der Waals surface area contributed by atoms with Crippen LogP contribution in [0.4, 0.5) is 0 Å². The summed E-state index contributed by atoms with van der Waals surface area (Å²) in [5, 5.41) is 66.4. The zero-order valence-electron chi connectivity index (χ0n) is 15.2. The SMILES string of the molecule is O=C(C=Cc1ccc(O)c(O)c1)O[C@H](CO)CO[C@@H]1O[C@H](CO)[C@@H](O)[C@H](O)[C@H]1O. The third kappa shape index (κ3) is 6.11. The Balaban J connectivity index is 1.88. The number of phenols is 2. The number of ether oxygens (including phenoxy) is 3. The summed E-state index contributed by atoms with van der Waals surface area (Å²) in [6.07, 6.45) is -6.14. The number of carbonyl (C=O) groups excluding carboxylic acids is 1. The van der Waals surface area contributed by atoms with Crippen LogP contribution in [0.3, 0.4) is 0 Å². The molecule has 0 saturated carbocycles. The molecule has 162 valence electrons. The van der Waals surface area contributed by atoms with Crippen LogP contribution in [0, 0.1) is 0 Å². The van der Waals surface area contributed by atoms with Crippen LogP contribution in [0.25, 0.3) is 6.08 Å². The quantitative estimate of drug-likeness (QED) is 0.139. The van der Waals surface area contributed by atoms with Crippen molar-refractivity contribution < 1.29 is 54.8 Å². The first kappa shape index (κ1) is 23.0. The van der Waals surface area contributed by atoms with Crippen LogP contribution in [0.5, 0.6) is 11.5 Å². The van der Waals surface area contributed by atoms with Gasteiger partial charge in [0.25, 0.3) is 0 Å². The molecule has 1 fully saturated rings. The van der Waals surface area contributed by atoms with Crippen molar-refractivity contribution in [3.8, 4) is 11.5 Å². The molecule has 1 aromatic carbocycles. The van der Waals surface area contributed by atoms with E-state index in [9.17, 15) is 35.4 Å². The average Bonchev–Trinajstić information content (AvgIpc) is 2.71. The van der Waals surface area contributed by atoms with Crippen LogP contribution in [-0.4, -0.2) is 98.3 Å². The number of carbonyl (C=O) groups is 1. The van der Waals surface area contributed by atoms with Gasteiger partial charge in [-0.3, -0.25) is 0 Å². The molecule has 1 heterocycles. The Hall–Kier alpha value is -2.25. The van der Waals surface area contributed by atoms with Gasteiger partial charge in [-0.2, -0.15) is 0 Å². The highest BCUT2D eigenvalue weighted by Crippen LogP contribution is 2.25. The molecule has 11 heteroatoms. The summed E-state index contributed by atoms with van der Waals surface area (Å²) < 4.78 is 15.4. The van der Waals surface area contributed by atoms with E-state index in [1.807, 2.05) is 0 Å². The number of benzene rings is 1. The number of aliphatic hydroxyl groups excluding tert-OH is 5. The van der Waals surface area contributed by atoms with Crippen molar-refractivity contribution in [3.63, 3.8) is 0 Å². The minimum atomic E-state index is -1.62. The molecule has 0 aliphatic carbocycles. The molecule has 0 radical (unpaired) electrons. The predicted octanol–water partition coefficient (Wildman–Crippen LogP) is -2.17. The van der Waals surface area contributed by atoms with Crippen LogP contribution in [0.1, 0.15) is 5.56 Å².